The number of hydrogen-bond acceptors (Lipinski definition) is 5. The molecule has 0 spiro atoms. The van der Waals surface area contributed by atoms with Gasteiger partial charge in [0.15, 0.2) is 11.6 Å². The van der Waals surface area contributed by atoms with E-state index in [0.717, 1.165) is 19.3 Å². The topological polar surface area (TPSA) is 101 Å². The molecule has 1 atom stereocenters. The first-order chi connectivity index (χ1) is 11.5. The van der Waals surface area contributed by atoms with E-state index >= 15 is 4.39 Å². The van der Waals surface area contributed by atoms with Crippen LogP contribution in [0, 0.1) is 5.82 Å². The number of nitrogens with zero attached hydrogens (tertiary/aromatic N) is 3. The first-order valence-electron chi connectivity index (χ1n) is 7.94. The van der Waals surface area contributed by atoms with Crippen molar-refractivity contribution in [3.8, 4) is 0 Å². The monoisotopic (exact) mass is 332 g/mol. The quantitative estimate of drug-likeness (QED) is 0.873. The number of hydrogen-bond donors (Lipinski definition) is 2. The molecule has 1 unspecified atom stereocenters. The van der Waals surface area contributed by atoms with Crippen LogP contribution in [0.2, 0.25) is 0 Å². The number of carboxylic acid groups (broad SMARTS) is 1. The predicted molar refractivity (Wildman–Crippen MR) is 86.0 cm³/mol. The van der Waals surface area contributed by atoms with Crippen molar-refractivity contribution >= 4 is 22.7 Å². The zero-order chi connectivity index (χ0) is 17.0. The minimum Gasteiger partial charge on any atom is -0.477 e. The zero-order valence-corrected chi connectivity index (χ0v) is 12.9. The predicted octanol–water partition coefficient (Wildman–Crippen LogP) is 1.11. The van der Waals surface area contributed by atoms with E-state index in [2.05, 4.69) is 4.98 Å². The first kappa shape index (κ1) is 15.1. The molecule has 7 nitrogen and oxygen atoms in total. The van der Waals surface area contributed by atoms with Crippen molar-refractivity contribution in [3.63, 3.8) is 0 Å². The van der Waals surface area contributed by atoms with Gasteiger partial charge in [0.05, 0.1) is 10.9 Å². The highest BCUT2D eigenvalue weighted by Gasteiger charge is 2.31. The molecule has 0 radical (unpaired) electrons. The first-order valence-corrected chi connectivity index (χ1v) is 7.94. The van der Waals surface area contributed by atoms with Gasteiger partial charge in [0.1, 0.15) is 5.56 Å². The molecule has 4 rings (SSSR count). The molecule has 1 saturated carbocycles. The highest BCUT2D eigenvalue weighted by Crippen LogP contribution is 2.38. The van der Waals surface area contributed by atoms with Gasteiger partial charge >= 0.3 is 5.97 Å². The Labute approximate surface area is 136 Å². The summed E-state index contributed by atoms with van der Waals surface area (Å²) in [4.78, 5) is 29.5. The smallest absolute Gasteiger partial charge is 0.341 e. The molecule has 8 heteroatoms. The van der Waals surface area contributed by atoms with Crippen LogP contribution >= 0.6 is 0 Å². The molecule has 2 fully saturated rings. The maximum atomic E-state index is 15.2. The van der Waals surface area contributed by atoms with Crippen LogP contribution in [0.25, 0.3) is 10.9 Å². The fraction of sp³-hybridized carbons (Fsp3) is 0.438. The normalized spacial score (nSPS) is 20.8. The maximum absolute atomic E-state index is 15.2. The minimum atomic E-state index is -1.31. The Kier molecular flexibility index (Phi) is 3.31. The average Bonchev–Trinajstić information content (AvgIpc) is 3.29. The second-order valence-corrected chi connectivity index (χ2v) is 6.47. The highest BCUT2D eigenvalue weighted by molar-refractivity contribution is 5.93. The summed E-state index contributed by atoms with van der Waals surface area (Å²) in [6.07, 6.45) is 4.97. The van der Waals surface area contributed by atoms with Gasteiger partial charge in [-0.2, -0.15) is 0 Å². The van der Waals surface area contributed by atoms with Crippen LogP contribution in [0.5, 0.6) is 0 Å². The number of rotatable bonds is 3. The summed E-state index contributed by atoms with van der Waals surface area (Å²) in [6, 6.07) is -0.00121. The Balaban J connectivity index is 1.97. The number of halogens is 1. The third kappa shape index (κ3) is 2.25. The summed E-state index contributed by atoms with van der Waals surface area (Å²) in [5.74, 6) is -1.72. The van der Waals surface area contributed by atoms with Crippen LogP contribution < -0.4 is 16.1 Å². The Hall–Kier alpha value is -2.48. The lowest BCUT2D eigenvalue weighted by Gasteiger charge is -2.20. The summed E-state index contributed by atoms with van der Waals surface area (Å²) in [7, 11) is 0. The van der Waals surface area contributed by atoms with Crippen LogP contribution in [0.1, 0.15) is 35.7 Å². The standard InChI is InChI=1S/C16H17FN4O3/c17-12-13-10(5-19-15(12)20-4-3-8(18)6-20)14(22)11(16(23)24)7-21(13)9-1-2-9/h5,7-9H,1-4,6,18H2,(H,23,24). The maximum Gasteiger partial charge on any atom is 0.341 e. The van der Waals surface area contributed by atoms with Gasteiger partial charge < -0.3 is 20.3 Å². The Morgan fingerprint density at radius 2 is 2.12 bits per heavy atom. The van der Waals surface area contributed by atoms with Gasteiger partial charge in [-0.25, -0.2) is 14.2 Å². The van der Waals surface area contributed by atoms with Gasteiger partial charge in [0.2, 0.25) is 5.43 Å². The van der Waals surface area contributed by atoms with Crippen LogP contribution in [0.3, 0.4) is 0 Å². The molecule has 24 heavy (non-hydrogen) atoms. The molecule has 1 saturated heterocycles. The molecule has 0 bridgehead atoms. The molecule has 1 aliphatic carbocycles. The second kappa shape index (κ2) is 5.27. The number of anilines is 1. The number of carboxylic acids is 1. The number of aromatic nitrogens is 2. The van der Waals surface area contributed by atoms with Crippen LogP contribution in [-0.2, 0) is 0 Å². The summed E-state index contributed by atoms with van der Waals surface area (Å²) < 4.78 is 16.7. The molecule has 3 N–H and O–H groups in total. The SMILES string of the molecule is NC1CCN(c2ncc3c(=O)c(C(=O)O)cn(C4CC4)c3c2F)C1. The van der Waals surface area contributed by atoms with Gasteiger partial charge in [0.25, 0.3) is 0 Å². The fourth-order valence-electron chi connectivity index (χ4n) is 3.29. The van der Waals surface area contributed by atoms with Crippen molar-refractivity contribution in [3.05, 3.63) is 34.0 Å². The number of carbonyl (C=O) groups is 1. The van der Waals surface area contributed by atoms with Gasteiger partial charge in [-0.3, -0.25) is 4.79 Å². The van der Waals surface area contributed by atoms with E-state index in [0.29, 0.717) is 13.1 Å². The number of aromatic carboxylic acids is 1. The van der Waals surface area contributed by atoms with Gasteiger partial charge in [-0.1, -0.05) is 0 Å². The van der Waals surface area contributed by atoms with Gasteiger partial charge in [-0.15, -0.1) is 0 Å². The van der Waals surface area contributed by atoms with Crippen molar-refractivity contribution in [2.24, 2.45) is 5.73 Å². The molecule has 2 aromatic heterocycles. The lowest BCUT2D eigenvalue weighted by atomic mass is 10.1. The molecule has 0 amide bonds. The summed E-state index contributed by atoms with van der Waals surface area (Å²) in [6.45, 7) is 1.12. The van der Waals surface area contributed by atoms with E-state index in [1.807, 2.05) is 0 Å². The molecule has 2 aliphatic rings. The lowest BCUT2D eigenvalue weighted by Crippen LogP contribution is -2.28. The van der Waals surface area contributed by atoms with Crippen molar-refractivity contribution in [1.82, 2.24) is 9.55 Å². The molecular formula is C16H17FN4O3. The van der Waals surface area contributed by atoms with Crippen LogP contribution in [-0.4, -0.2) is 39.8 Å². The van der Waals surface area contributed by atoms with Gasteiger partial charge in [0, 0.05) is 37.6 Å². The van der Waals surface area contributed by atoms with E-state index in [-0.39, 0.29) is 34.4 Å². The minimum absolute atomic E-state index is 0.00606. The summed E-state index contributed by atoms with van der Waals surface area (Å²) in [5, 5.41) is 9.23. The van der Waals surface area contributed by atoms with E-state index < -0.39 is 17.2 Å². The number of nitrogens with two attached hydrogens (primary N) is 1. The van der Waals surface area contributed by atoms with Crippen molar-refractivity contribution in [2.45, 2.75) is 31.3 Å². The third-order valence-corrected chi connectivity index (χ3v) is 4.69. The van der Waals surface area contributed by atoms with E-state index in [9.17, 15) is 14.7 Å². The van der Waals surface area contributed by atoms with Crippen molar-refractivity contribution in [2.75, 3.05) is 18.0 Å². The van der Waals surface area contributed by atoms with E-state index in [1.165, 1.54) is 12.4 Å². The molecular weight excluding hydrogens is 315 g/mol. The highest BCUT2D eigenvalue weighted by atomic mass is 19.1. The van der Waals surface area contributed by atoms with E-state index in [4.69, 9.17) is 5.73 Å². The number of pyridine rings is 2. The Bertz CT molecular complexity index is 906. The lowest BCUT2D eigenvalue weighted by molar-refractivity contribution is 0.0695. The number of fused-ring (bicyclic) bond motifs is 1. The average molecular weight is 332 g/mol. The fourth-order valence-corrected chi connectivity index (χ4v) is 3.29. The van der Waals surface area contributed by atoms with Gasteiger partial charge in [-0.05, 0) is 19.3 Å². The largest absolute Gasteiger partial charge is 0.477 e. The summed E-state index contributed by atoms with van der Waals surface area (Å²) >= 11 is 0. The second-order valence-electron chi connectivity index (χ2n) is 6.47. The molecule has 0 aromatic carbocycles. The molecule has 2 aromatic rings. The van der Waals surface area contributed by atoms with Crippen molar-refractivity contribution < 1.29 is 14.3 Å². The Morgan fingerprint density at radius 3 is 2.71 bits per heavy atom. The van der Waals surface area contributed by atoms with Crippen LogP contribution in [0.4, 0.5) is 10.2 Å². The zero-order valence-electron chi connectivity index (χ0n) is 12.9. The van der Waals surface area contributed by atoms with Crippen molar-refractivity contribution in [1.29, 1.82) is 0 Å². The molecule has 1 aliphatic heterocycles. The molecule has 126 valence electrons. The van der Waals surface area contributed by atoms with E-state index in [1.54, 1.807) is 9.47 Å². The third-order valence-electron chi connectivity index (χ3n) is 4.69. The summed E-state index contributed by atoms with van der Waals surface area (Å²) in [5.41, 5.74) is 4.96. The molecule has 3 heterocycles. The van der Waals surface area contributed by atoms with Crippen LogP contribution in [0.15, 0.2) is 17.2 Å². The Morgan fingerprint density at radius 1 is 1.38 bits per heavy atom.